The maximum atomic E-state index is 12.2. The summed E-state index contributed by atoms with van der Waals surface area (Å²) in [5, 5.41) is 2.88. The van der Waals surface area contributed by atoms with Crippen LogP contribution in [0.3, 0.4) is 0 Å². The van der Waals surface area contributed by atoms with E-state index in [0.717, 1.165) is 11.3 Å². The molecule has 1 heterocycles. The lowest BCUT2D eigenvalue weighted by Gasteiger charge is -2.35. The van der Waals surface area contributed by atoms with Gasteiger partial charge in [-0.2, -0.15) is 0 Å². The number of amides is 3. The Labute approximate surface area is 124 Å². The predicted octanol–water partition coefficient (Wildman–Crippen LogP) is 1.02. The van der Waals surface area contributed by atoms with Crippen molar-refractivity contribution >= 4 is 17.6 Å². The summed E-state index contributed by atoms with van der Waals surface area (Å²) in [6.07, 6.45) is 0. The summed E-state index contributed by atoms with van der Waals surface area (Å²) in [6, 6.07) is 7.05. The number of piperazine rings is 1. The molecule has 1 aromatic rings. The molecule has 1 atom stereocenters. The van der Waals surface area contributed by atoms with E-state index in [1.807, 2.05) is 31.2 Å². The molecule has 1 aliphatic heterocycles. The first-order chi connectivity index (χ1) is 9.97. The summed E-state index contributed by atoms with van der Waals surface area (Å²) in [6.45, 7) is 5.77. The summed E-state index contributed by atoms with van der Waals surface area (Å²) in [5.74, 6) is -0.0613. The number of anilines is 1. The lowest BCUT2D eigenvalue weighted by atomic mass is 10.2. The number of rotatable bonds is 2. The Balaban J connectivity index is 1.87. The summed E-state index contributed by atoms with van der Waals surface area (Å²) in [5.41, 5.74) is 7.48. The summed E-state index contributed by atoms with van der Waals surface area (Å²) >= 11 is 0. The SMILES string of the molecule is Cc1cccc(NC(=O)N2CCN(C(=O)[C@H](C)N)CC2)c1. The van der Waals surface area contributed by atoms with Crippen molar-refractivity contribution < 1.29 is 9.59 Å². The van der Waals surface area contributed by atoms with Crippen LogP contribution in [0.1, 0.15) is 12.5 Å². The first-order valence-electron chi connectivity index (χ1n) is 7.14. The van der Waals surface area contributed by atoms with Gasteiger partial charge in [0.05, 0.1) is 6.04 Å². The molecule has 0 spiro atoms. The monoisotopic (exact) mass is 290 g/mol. The van der Waals surface area contributed by atoms with Crippen LogP contribution in [0.25, 0.3) is 0 Å². The number of aryl methyl sites for hydroxylation is 1. The number of nitrogens with zero attached hydrogens (tertiary/aromatic N) is 2. The Kier molecular flexibility index (Phi) is 4.80. The van der Waals surface area contributed by atoms with Crippen molar-refractivity contribution in [1.82, 2.24) is 9.80 Å². The average molecular weight is 290 g/mol. The van der Waals surface area contributed by atoms with Crippen molar-refractivity contribution in [3.63, 3.8) is 0 Å². The van der Waals surface area contributed by atoms with Crippen LogP contribution < -0.4 is 11.1 Å². The highest BCUT2D eigenvalue weighted by atomic mass is 16.2. The normalized spacial score (nSPS) is 16.5. The molecule has 6 heteroatoms. The first-order valence-corrected chi connectivity index (χ1v) is 7.14. The van der Waals surface area contributed by atoms with Gasteiger partial charge in [0.15, 0.2) is 0 Å². The second kappa shape index (κ2) is 6.58. The number of hydrogen-bond donors (Lipinski definition) is 2. The molecule has 0 saturated carbocycles. The minimum atomic E-state index is -0.488. The Hall–Kier alpha value is -2.08. The lowest BCUT2D eigenvalue weighted by molar-refractivity contribution is -0.133. The van der Waals surface area contributed by atoms with Crippen molar-refractivity contribution in [1.29, 1.82) is 0 Å². The van der Waals surface area contributed by atoms with E-state index in [1.54, 1.807) is 16.7 Å². The standard InChI is InChI=1S/C15H22N4O2/c1-11-4-3-5-13(10-11)17-15(21)19-8-6-18(7-9-19)14(20)12(2)16/h3-5,10,12H,6-9,16H2,1-2H3,(H,17,21)/t12-/m0/s1. The van der Waals surface area contributed by atoms with E-state index in [1.165, 1.54) is 0 Å². The number of urea groups is 1. The second-order valence-corrected chi connectivity index (χ2v) is 5.40. The molecule has 3 N–H and O–H groups in total. The molecular formula is C15H22N4O2. The number of benzene rings is 1. The van der Waals surface area contributed by atoms with E-state index in [0.29, 0.717) is 26.2 Å². The Morgan fingerprint density at radius 2 is 1.81 bits per heavy atom. The molecule has 21 heavy (non-hydrogen) atoms. The Bertz CT molecular complexity index is 522. The van der Waals surface area contributed by atoms with Gasteiger partial charge in [-0.3, -0.25) is 4.79 Å². The van der Waals surface area contributed by atoms with Gasteiger partial charge in [-0.05, 0) is 31.5 Å². The van der Waals surface area contributed by atoms with Crippen LogP contribution in [0, 0.1) is 6.92 Å². The molecule has 6 nitrogen and oxygen atoms in total. The molecule has 1 aromatic carbocycles. The summed E-state index contributed by atoms with van der Waals surface area (Å²) in [7, 11) is 0. The molecule has 1 fully saturated rings. The van der Waals surface area contributed by atoms with E-state index in [-0.39, 0.29) is 11.9 Å². The number of carbonyl (C=O) groups is 2. The third-order valence-corrected chi connectivity index (χ3v) is 3.54. The fraction of sp³-hybridized carbons (Fsp3) is 0.467. The van der Waals surface area contributed by atoms with Gasteiger partial charge in [-0.1, -0.05) is 12.1 Å². The molecule has 0 aliphatic carbocycles. The quantitative estimate of drug-likeness (QED) is 0.853. The van der Waals surface area contributed by atoms with Crippen LogP contribution in [0.4, 0.5) is 10.5 Å². The minimum Gasteiger partial charge on any atom is -0.338 e. The molecule has 0 radical (unpaired) electrons. The topological polar surface area (TPSA) is 78.7 Å². The predicted molar refractivity (Wildman–Crippen MR) is 82.0 cm³/mol. The highest BCUT2D eigenvalue weighted by Gasteiger charge is 2.25. The van der Waals surface area contributed by atoms with Crippen LogP contribution >= 0.6 is 0 Å². The van der Waals surface area contributed by atoms with Gasteiger partial charge in [-0.25, -0.2) is 4.79 Å². The van der Waals surface area contributed by atoms with Crippen LogP contribution in [0.2, 0.25) is 0 Å². The van der Waals surface area contributed by atoms with Gasteiger partial charge >= 0.3 is 6.03 Å². The van der Waals surface area contributed by atoms with Gasteiger partial charge in [0, 0.05) is 31.9 Å². The smallest absolute Gasteiger partial charge is 0.321 e. The minimum absolute atomic E-state index is 0.0613. The zero-order chi connectivity index (χ0) is 15.4. The third kappa shape index (κ3) is 3.95. The highest BCUT2D eigenvalue weighted by molar-refractivity contribution is 5.89. The molecule has 1 aliphatic rings. The lowest BCUT2D eigenvalue weighted by Crippen LogP contribution is -2.54. The van der Waals surface area contributed by atoms with Crippen LogP contribution in [-0.4, -0.2) is 54.0 Å². The molecule has 0 aromatic heterocycles. The van der Waals surface area contributed by atoms with Crippen molar-refractivity contribution in [2.24, 2.45) is 5.73 Å². The van der Waals surface area contributed by atoms with Gasteiger partial charge in [-0.15, -0.1) is 0 Å². The zero-order valence-electron chi connectivity index (χ0n) is 12.5. The van der Waals surface area contributed by atoms with Crippen LogP contribution in [0.5, 0.6) is 0 Å². The third-order valence-electron chi connectivity index (χ3n) is 3.54. The maximum absolute atomic E-state index is 12.2. The van der Waals surface area contributed by atoms with Crippen molar-refractivity contribution in [3.05, 3.63) is 29.8 Å². The second-order valence-electron chi connectivity index (χ2n) is 5.40. The van der Waals surface area contributed by atoms with E-state index in [4.69, 9.17) is 5.73 Å². The number of nitrogens with one attached hydrogen (secondary N) is 1. The fourth-order valence-electron chi connectivity index (χ4n) is 2.34. The highest BCUT2D eigenvalue weighted by Crippen LogP contribution is 2.11. The van der Waals surface area contributed by atoms with Crippen LogP contribution in [-0.2, 0) is 4.79 Å². The first kappa shape index (κ1) is 15.3. The molecule has 1 saturated heterocycles. The molecule has 114 valence electrons. The van der Waals surface area contributed by atoms with Gasteiger partial charge in [0.1, 0.15) is 0 Å². The van der Waals surface area contributed by atoms with E-state index in [9.17, 15) is 9.59 Å². The Morgan fingerprint density at radius 1 is 1.19 bits per heavy atom. The van der Waals surface area contributed by atoms with Gasteiger partial charge in [0.25, 0.3) is 0 Å². The van der Waals surface area contributed by atoms with Gasteiger partial charge in [0.2, 0.25) is 5.91 Å². The van der Waals surface area contributed by atoms with E-state index < -0.39 is 6.04 Å². The Morgan fingerprint density at radius 3 is 2.38 bits per heavy atom. The summed E-state index contributed by atoms with van der Waals surface area (Å²) < 4.78 is 0. The number of carbonyl (C=O) groups excluding carboxylic acids is 2. The summed E-state index contributed by atoms with van der Waals surface area (Å²) in [4.78, 5) is 27.4. The number of hydrogen-bond acceptors (Lipinski definition) is 3. The van der Waals surface area contributed by atoms with E-state index in [2.05, 4.69) is 5.32 Å². The largest absolute Gasteiger partial charge is 0.338 e. The molecule has 0 bridgehead atoms. The number of nitrogens with two attached hydrogens (primary N) is 1. The molecular weight excluding hydrogens is 268 g/mol. The zero-order valence-corrected chi connectivity index (χ0v) is 12.5. The molecule has 0 unspecified atom stereocenters. The van der Waals surface area contributed by atoms with E-state index >= 15 is 0 Å². The van der Waals surface area contributed by atoms with Crippen molar-refractivity contribution in [3.8, 4) is 0 Å². The van der Waals surface area contributed by atoms with Crippen molar-refractivity contribution in [2.45, 2.75) is 19.9 Å². The maximum Gasteiger partial charge on any atom is 0.321 e. The molecule has 3 amide bonds. The van der Waals surface area contributed by atoms with Crippen LogP contribution in [0.15, 0.2) is 24.3 Å². The van der Waals surface area contributed by atoms with Crippen molar-refractivity contribution in [2.75, 3.05) is 31.5 Å². The fourth-order valence-corrected chi connectivity index (χ4v) is 2.34. The average Bonchev–Trinajstić information content (AvgIpc) is 2.46. The molecule has 2 rings (SSSR count). The van der Waals surface area contributed by atoms with Gasteiger partial charge < -0.3 is 20.9 Å².